The van der Waals surface area contributed by atoms with Crippen LogP contribution in [0, 0.1) is 0 Å². The second kappa shape index (κ2) is 9.96. The second-order valence-electron chi connectivity index (χ2n) is 7.12. The summed E-state index contributed by atoms with van der Waals surface area (Å²) in [4.78, 5) is 17.1. The average molecular weight is 422 g/mol. The minimum atomic E-state index is 0. The zero-order chi connectivity index (χ0) is 19.3. The number of nitrogens with one attached hydrogen (secondary N) is 2. The van der Waals surface area contributed by atoms with Gasteiger partial charge in [0.2, 0.25) is 0 Å². The van der Waals surface area contributed by atoms with Gasteiger partial charge in [0.1, 0.15) is 18.1 Å². The van der Waals surface area contributed by atoms with Crippen LogP contribution in [-0.4, -0.2) is 78.9 Å². The minimum absolute atomic E-state index is 0. The maximum Gasteiger partial charge on any atom is 0.274 e. The van der Waals surface area contributed by atoms with Gasteiger partial charge in [-0.2, -0.15) is 5.10 Å². The van der Waals surface area contributed by atoms with E-state index >= 15 is 0 Å². The Hall–Kier alpha value is -2.29. The fourth-order valence-corrected chi connectivity index (χ4v) is 3.71. The summed E-state index contributed by atoms with van der Waals surface area (Å²) in [6.07, 6.45) is 0.899. The van der Waals surface area contributed by atoms with Crippen molar-refractivity contribution in [3.63, 3.8) is 0 Å². The Kier molecular flexibility index (Phi) is 7.35. The van der Waals surface area contributed by atoms with Crippen molar-refractivity contribution >= 4 is 18.3 Å². The number of halogens is 1. The molecule has 0 spiro atoms. The van der Waals surface area contributed by atoms with E-state index in [1.165, 1.54) is 0 Å². The van der Waals surface area contributed by atoms with Crippen LogP contribution in [0.25, 0.3) is 0 Å². The molecule has 1 aromatic carbocycles. The summed E-state index contributed by atoms with van der Waals surface area (Å²) in [5, 5.41) is 10.6. The van der Waals surface area contributed by atoms with Crippen molar-refractivity contribution in [1.29, 1.82) is 0 Å². The summed E-state index contributed by atoms with van der Waals surface area (Å²) in [6.45, 7) is 6.21. The molecule has 2 aliphatic rings. The molecule has 1 aromatic heterocycles. The molecule has 0 unspecified atom stereocenters. The topological polar surface area (TPSA) is 82.7 Å². The number of rotatable bonds is 6. The zero-order valence-electron chi connectivity index (χ0n) is 16.6. The van der Waals surface area contributed by atoms with Crippen LogP contribution >= 0.6 is 12.4 Å². The van der Waals surface area contributed by atoms with E-state index in [1.807, 2.05) is 29.2 Å². The van der Waals surface area contributed by atoms with Gasteiger partial charge in [0.25, 0.3) is 5.91 Å². The number of fused-ring (bicyclic) bond motifs is 1. The van der Waals surface area contributed by atoms with E-state index in [-0.39, 0.29) is 18.3 Å². The number of hydrogen-bond acceptors (Lipinski definition) is 6. The smallest absolute Gasteiger partial charge is 0.274 e. The van der Waals surface area contributed by atoms with Gasteiger partial charge in [0.15, 0.2) is 5.69 Å². The zero-order valence-corrected chi connectivity index (χ0v) is 17.5. The third kappa shape index (κ3) is 5.01. The number of carbonyl (C=O) groups is 1. The van der Waals surface area contributed by atoms with Gasteiger partial charge in [0, 0.05) is 69.6 Å². The lowest BCUT2D eigenvalue weighted by Gasteiger charge is -2.34. The monoisotopic (exact) mass is 421 g/mol. The summed E-state index contributed by atoms with van der Waals surface area (Å²) >= 11 is 0. The Morgan fingerprint density at radius 3 is 2.79 bits per heavy atom. The normalized spacial score (nSPS) is 16.7. The predicted molar refractivity (Wildman–Crippen MR) is 112 cm³/mol. The highest BCUT2D eigenvalue weighted by atomic mass is 35.5. The van der Waals surface area contributed by atoms with Crippen molar-refractivity contribution in [3.8, 4) is 11.5 Å². The van der Waals surface area contributed by atoms with E-state index in [2.05, 4.69) is 20.4 Å². The van der Waals surface area contributed by atoms with Crippen LogP contribution < -0.4 is 14.8 Å². The van der Waals surface area contributed by atoms with E-state index in [1.54, 1.807) is 7.11 Å². The predicted octanol–water partition coefficient (Wildman–Crippen LogP) is 1.32. The number of hydrogen-bond donors (Lipinski definition) is 2. The quantitative estimate of drug-likeness (QED) is 0.732. The van der Waals surface area contributed by atoms with Crippen molar-refractivity contribution in [2.45, 2.75) is 13.0 Å². The second-order valence-corrected chi connectivity index (χ2v) is 7.12. The molecule has 8 nitrogen and oxygen atoms in total. The standard InChI is InChI=1S/C20H27N5O3.ClH/c1-27-15-3-2-4-16(13-15)28-12-11-24-7-9-25(10-8-24)20(26)19-17-14-21-6-5-18(17)22-23-19;/h2-4,13,21H,5-12,14H2,1H3,(H,22,23);1H. The SMILES string of the molecule is COc1cccc(OCCN2CCN(C(=O)c3n[nH]c4c3CNCC4)CC2)c1.Cl. The van der Waals surface area contributed by atoms with Gasteiger partial charge < -0.3 is 19.7 Å². The van der Waals surface area contributed by atoms with E-state index in [0.717, 1.165) is 55.4 Å². The van der Waals surface area contributed by atoms with E-state index in [9.17, 15) is 4.79 Å². The molecule has 9 heteroatoms. The largest absolute Gasteiger partial charge is 0.497 e. The van der Waals surface area contributed by atoms with Gasteiger partial charge in [-0.3, -0.25) is 14.8 Å². The molecule has 4 rings (SSSR count). The molecule has 1 amide bonds. The van der Waals surface area contributed by atoms with Crippen LogP contribution in [0.15, 0.2) is 24.3 Å². The van der Waals surface area contributed by atoms with Crippen LogP contribution in [0.3, 0.4) is 0 Å². The molecule has 29 heavy (non-hydrogen) atoms. The first kappa shape index (κ1) is 21.4. The van der Waals surface area contributed by atoms with Crippen LogP contribution in [0.1, 0.15) is 21.7 Å². The first-order valence-electron chi connectivity index (χ1n) is 9.80. The van der Waals surface area contributed by atoms with E-state index < -0.39 is 0 Å². The molecule has 0 bridgehead atoms. The van der Waals surface area contributed by atoms with Crippen molar-refractivity contribution in [2.75, 3.05) is 53.0 Å². The molecule has 0 aliphatic carbocycles. The van der Waals surface area contributed by atoms with Crippen LogP contribution in [0.2, 0.25) is 0 Å². The summed E-state index contributed by atoms with van der Waals surface area (Å²) < 4.78 is 11.0. The molecule has 1 fully saturated rings. The summed E-state index contributed by atoms with van der Waals surface area (Å²) in [5.41, 5.74) is 2.71. The third-order valence-corrected chi connectivity index (χ3v) is 5.39. The lowest BCUT2D eigenvalue weighted by atomic mass is 10.1. The molecule has 0 radical (unpaired) electrons. The van der Waals surface area contributed by atoms with Crippen molar-refractivity contribution < 1.29 is 14.3 Å². The fourth-order valence-electron chi connectivity index (χ4n) is 3.71. The summed E-state index contributed by atoms with van der Waals surface area (Å²) in [6, 6.07) is 7.63. The van der Waals surface area contributed by atoms with Gasteiger partial charge >= 0.3 is 0 Å². The Morgan fingerprint density at radius 1 is 1.21 bits per heavy atom. The lowest BCUT2D eigenvalue weighted by molar-refractivity contribution is 0.0613. The highest BCUT2D eigenvalue weighted by Gasteiger charge is 2.27. The van der Waals surface area contributed by atoms with Gasteiger partial charge in [-0.1, -0.05) is 6.07 Å². The first-order chi connectivity index (χ1) is 13.7. The molecule has 2 aliphatic heterocycles. The number of aromatic nitrogens is 2. The minimum Gasteiger partial charge on any atom is -0.497 e. The molecular formula is C20H28ClN5O3. The number of nitrogens with zero attached hydrogens (tertiary/aromatic N) is 3. The molecule has 2 aromatic rings. The average Bonchev–Trinajstić information content (AvgIpc) is 3.18. The first-order valence-corrected chi connectivity index (χ1v) is 9.80. The van der Waals surface area contributed by atoms with Gasteiger partial charge in [0.05, 0.1) is 7.11 Å². The number of piperazine rings is 1. The maximum atomic E-state index is 12.9. The molecule has 0 atom stereocenters. The number of benzene rings is 1. The fraction of sp³-hybridized carbons (Fsp3) is 0.500. The number of ether oxygens (including phenoxy) is 2. The number of methoxy groups -OCH3 is 1. The highest BCUT2D eigenvalue weighted by molar-refractivity contribution is 5.94. The molecule has 1 saturated heterocycles. The molecular weight excluding hydrogens is 394 g/mol. The van der Waals surface area contributed by atoms with Crippen molar-refractivity contribution in [2.24, 2.45) is 0 Å². The van der Waals surface area contributed by atoms with Crippen LogP contribution in [0.5, 0.6) is 11.5 Å². The van der Waals surface area contributed by atoms with Gasteiger partial charge in [-0.25, -0.2) is 0 Å². The molecule has 0 saturated carbocycles. The van der Waals surface area contributed by atoms with E-state index in [4.69, 9.17) is 9.47 Å². The maximum absolute atomic E-state index is 12.9. The summed E-state index contributed by atoms with van der Waals surface area (Å²) in [5.74, 6) is 1.64. The molecule has 2 N–H and O–H groups in total. The van der Waals surface area contributed by atoms with Crippen LogP contribution in [0.4, 0.5) is 0 Å². The number of H-pyrrole nitrogens is 1. The number of amides is 1. The number of carbonyl (C=O) groups excluding carboxylic acids is 1. The lowest BCUT2D eigenvalue weighted by Crippen LogP contribution is -2.49. The number of aromatic amines is 1. The Morgan fingerprint density at radius 2 is 2.00 bits per heavy atom. The Balaban J connectivity index is 0.00000240. The molecule has 158 valence electrons. The van der Waals surface area contributed by atoms with Gasteiger partial charge in [-0.05, 0) is 12.1 Å². The van der Waals surface area contributed by atoms with Crippen molar-refractivity contribution in [3.05, 3.63) is 41.2 Å². The van der Waals surface area contributed by atoms with Crippen LogP contribution in [-0.2, 0) is 13.0 Å². The molecule has 3 heterocycles. The Labute approximate surface area is 176 Å². The third-order valence-electron chi connectivity index (χ3n) is 5.39. The highest BCUT2D eigenvalue weighted by Crippen LogP contribution is 2.19. The Bertz CT molecular complexity index is 820. The summed E-state index contributed by atoms with van der Waals surface area (Å²) in [7, 11) is 1.65. The van der Waals surface area contributed by atoms with Crippen molar-refractivity contribution in [1.82, 2.24) is 25.3 Å². The van der Waals surface area contributed by atoms with Gasteiger partial charge in [-0.15, -0.1) is 12.4 Å². The van der Waals surface area contributed by atoms with E-state index in [0.29, 0.717) is 31.9 Å².